The maximum Gasteiger partial charge on any atom is 0.308 e. The van der Waals surface area contributed by atoms with Gasteiger partial charge in [0, 0.05) is 20.1 Å². The van der Waals surface area contributed by atoms with Gasteiger partial charge >= 0.3 is 5.97 Å². The number of carbonyl (C=O) groups excluding carboxylic acids is 1. The van der Waals surface area contributed by atoms with Crippen LogP contribution in [0.4, 0.5) is 0 Å². The summed E-state index contributed by atoms with van der Waals surface area (Å²) < 4.78 is 1.76. The first kappa shape index (κ1) is 14.3. The standard InChI is InChI=1S/C14H13BrINO3/c15-7-1-3-11(16)9(5-7)13(18)17-8-2-4-12(17)10(6-8)14(19)20/h1,3,5,8,10,12H,2,4,6H2,(H,19,20). The van der Waals surface area contributed by atoms with Gasteiger partial charge in [-0.25, -0.2) is 0 Å². The summed E-state index contributed by atoms with van der Waals surface area (Å²) >= 11 is 5.53. The van der Waals surface area contributed by atoms with Gasteiger partial charge in [-0.1, -0.05) is 15.9 Å². The first-order valence-electron chi connectivity index (χ1n) is 6.49. The summed E-state index contributed by atoms with van der Waals surface area (Å²) in [5.74, 6) is -1.21. The Labute approximate surface area is 138 Å². The van der Waals surface area contributed by atoms with E-state index in [-0.39, 0.29) is 18.0 Å². The summed E-state index contributed by atoms with van der Waals surface area (Å²) in [6, 6.07) is 5.56. The average molecular weight is 450 g/mol. The van der Waals surface area contributed by atoms with Crippen LogP contribution < -0.4 is 0 Å². The number of rotatable bonds is 2. The van der Waals surface area contributed by atoms with E-state index in [4.69, 9.17) is 0 Å². The maximum absolute atomic E-state index is 12.8. The minimum atomic E-state index is -0.779. The van der Waals surface area contributed by atoms with E-state index < -0.39 is 11.9 Å². The average Bonchev–Trinajstić information content (AvgIpc) is 2.98. The van der Waals surface area contributed by atoms with Crippen molar-refractivity contribution >= 4 is 50.4 Å². The van der Waals surface area contributed by atoms with Gasteiger partial charge in [-0.15, -0.1) is 0 Å². The second-order valence-corrected chi connectivity index (χ2v) is 7.39. The Bertz CT molecular complexity index is 592. The zero-order chi connectivity index (χ0) is 14.4. The van der Waals surface area contributed by atoms with E-state index in [1.165, 1.54) is 0 Å². The number of halogens is 2. The van der Waals surface area contributed by atoms with Crippen LogP contribution in [0.5, 0.6) is 0 Å². The van der Waals surface area contributed by atoms with Crippen LogP contribution in [0.25, 0.3) is 0 Å². The molecule has 0 aliphatic carbocycles. The Kier molecular flexibility index (Phi) is 3.79. The lowest BCUT2D eigenvalue weighted by Crippen LogP contribution is -2.38. The number of carbonyl (C=O) groups is 2. The van der Waals surface area contributed by atoms with Crippen molar-refractivity contribution in [1.82, 2.24) is 4.90 Å². The molecule has 1 amide bonds. The van der Waals surface area contributed by atoms with Gasteiger partial charge < -0.3 is 10.0 Å². The number of carboxylic acids is 1. The van der Waals surface area contributed by atoms with Crippen LogP contribution in [-0.2, 0) is 4.79 Å². The number of carboxylic acid groups (broad SMARTS) is 1. The molecule has 3 rings (SSSR count). The quantitative estimate of drug-likeness (QED) is 0.705. The third-order valence-electron chi connectivity index (χ3n) is 4.25. The van der Waals surface area contributed by atoms with Crippen molar-refractivity contribution in [3.63, 3.8) is 0 Å². The van der Waals surface area contributed by atoms with E-state index in [2.05, 4.69) is 38.5 Å². The molecule has 1 N–H and O–H groups in total. The summed E-state index contributed by atoms with van der Waals surface area (Å²) in [7, 11) is 0. The zero-order valence-electron chi connectivity index (χ0n) is 10.6. The SMILES string of the molecule is O=C(O)C1CC2CCC1N2C(=O)c1cc(Br)ccc1I. The molecule has 2 fully saturated rings. The van der Waals surface area contributed by atoms with E-state index in [1.54, 1.807) is 0 Å². The van der Waals surface area contributed by atoms with Gasteiger partial charge in [0.05, 0.1) is 11.5 Å². The zero-order valence-corrected chi connectivity index (χ0v) is 14.3. The van der Waals surface area contributed by atoms with Crippen molar-refractivity contribution in [2.45, 2.75) is 31.3 Å². The number of aliphatic carboxylic acids is 1. The Balaban J connectivity index is 1.92. The summed E-state index contributed by atoms with van der Waals surface area (Å²) in [5.41, 5.74) is 0.655. The molecule has 0 spiro atoms. The van der Waals surface area contributed by atoms with Crippen LogP contribution in [0.15, 0.2) is 22.7 Å². The Morgan fingerprint density at radius 3 is 2.75 bits per heavy atom. The number of nitrogens with zero attached hydrogens (tertiary/aromatic N) is 1. The first-order chi connectivity index (χ1) is 9.49. The molecule has 1 aromatic carbocycles. The molecule has 2 saturated heterocycles. The fourth-order valence-electron chi connectivity index (χ4n) is 3.37. The van der Waals surface area contributed by atoms with E-state index in [0.717, 1.165) is 20.9 Å². The van der Waals surface area contributed by atoms with Crippen LogP contribution in [-0.4, -0.2) is 34.0 Å². The molecule has 3 unspecified atom stereocenters. The predicted octanol–water partition coefficient (Wildman–Crippen LogP) is 3.13. The van der Waals surface area contributed by atoms with Crippen molar-refractivity contribution in [2.24, 2.45) is 5.92 Å². The van der Waals surface area contributed by atoms with Gasteiger partial charge in [-0.2, -0.15) is 0 Å². The van der Waals surface area contributed by atoms with Crippen molar-refractivity contribution in [1.29, 1.82) is 0 Å². The third kappa shape index (κ3) is 2.26. The number of amides is 1. The Hall–Kier alpha value is -0.630. The fourth-order valence-corrected chi connectivity index (χ4v) is 4.30. The van der Waals surface area contributed by atoms with Gasteiger partial charge in [0.25, 0.3) is 5.91 Å². The van der Waals surface area contributed by atoms with Crippen LogP contribution in [0.2, 0.25) is 0 Å². The highest BCUT2D eigenvalue weighted by Crippen LogP contribution is 2.43. The van der Waals surface area contributed by atoms with E-state index in [9.17, 15) is 14.7 Å². The lowest BCUT2D eigenvalue weighted by atomic mass is 9.89. The predicted molar refractivity (Wildman–Crippen MR) is 85.6 cm³/mol. The lowest BCUT2D eigenvalue weighted by Gasteiger charge is -2.23. The highest BCUT2D eigenvalue weighted by Gasteiger charge is 2.51. The minimum Gasteiger partial charge on any atom is -0.481 e. The monoisotopic (exact) mass is 449 g/mol. The van der Waals surface area contributed by atoms with Crippen molar-refractivity contribution in [3.8, 4) is 0 Å². The van der Waals surface area contributed by atoms with Crippen molar-refractivity contribution in [3.05, 3.63) is 31.8 Å². The fraction of sp³-hybridized carbons (Fsp3) is 0.429. The smallest absolute Gasteiger partial charge is 0.308 e. The molecule has 6 heteroatoms. The molecule has 20 heavy (non-hydrogen) atoms. The molecule has 4 nitrogen and oxygen atoms in total. The van der Waals surface area contributed by atoms with Gasteiger partial charge in [-0.05, 0) is 60.1 Å². The molecule has 0 aromatic heterocycles. The molecule has 2 aliphatic heterocycles. The van der Waals surface area contributed by atoms with E-state index in [0.29, 0.717) is 12.0 Å². The molecule has 2 aliphatic rings. The lowest BCUT2D eigenvalue weighted by molar-refractivity contribution is -0.142. The molecule has 0 saturated carbocycles. The minimum absolute atomic E-state index is 0.0352. The molecular weight excluding hydrogens is 437 g/mol. The number of benzene rings is 1. The van der Waals surface area contributed by atoms with E-state index in [1.807, 2.05) is 23.1 Å². The summed E-state index contributed by atoms with van der Waals surface area (Å²) in [4.78, 5) is 25.8. The third-order valence-corrected chi connectivity index (χ3v) is 5.68. The number of hydrogen-bond acceptors (Lipinski definition) is 2. The normalized spacial score (nSPS) is 27.9. The topological polar surface area (TPSA) is 57.6 Å². The summed E-state index contributed by atoms with van der Waals surface area (Å²) in [6.07, 6.45) is 2.32. The molecule has 1 aromatic rings. The maximum atomic E-state index is 12.8. The van der Waals surface area contributed by atoms with E-state index >= 15 is 0 Å². The number of hydrogen-bond donors (Lipinski definition) is 1. The summed E-state index contributed by atoms with van der Waals surface area (Å²) in [5, 5.41) is 9.26. The Morgan fingerprint density at radius 2 is 2.10 bits per heavy atom. The second-order valence-electron chi connectivity index (χ2n) is 5.32. The van der Waals surface area contributed by atoms with Crippen LogP contribution in [0.3, 0.4) is 0 Å². The van der Waals surface area contributed by atoms with Gasteiger partial charge in [0.15, 0.2) is 0 Å². The highest BCUT2D eigenvalue weighted by molar-refractivity contribution is 14.1. The largest absolute Gasteiger partial charge is 0.481 e. The van der Waals surface area contributed by atoms with Crippen LogP contribution in [0, 0.1) is 9.49 Å². The Morgan fingerprint density at radius 1 is 1.35 bits per heavy atom. The van der Waals surface area contributed by atoms with Crippen molar-refractivity contribution in [2.75, 3.05) is 0 Å². The molecule has 2 heterocycles. The first-order valence-corrected chi connectivity index (χ1v) is 8.36. The second kappa shape index (κ2) is 5.29. The van der Waals surface area contributed by atoms with Gasteiger partial charge in [0.2, 0.25) is 0 Å². The van der Waals surface area contributed by atoms with Crippen LogP contribution >= 0.6 is 38.5 Å². The molecule has 106 valence electrons. The molecule has 2 bridgehead atoms. The molecule has 3 atom stereocenters. The van der Waals surface area contributed by atoms with Gasteiger partial charge in [-0.3, -0.25) is 9.59 Å². The van der Waals surface area contributed by atoms with Crippen LogP contribution in [0.1, 0.15) is 29.6 Å². The summed E-state index contributed by atoms with van der Waals surface area (Å²) in [6.45, 7) is 0. The molecule has 0 radical (unpaired) electrons. The highest BCUT2D eigenvalue weighted by atomic mass is 127. The van der Waals surface area contributed by atoms with Crippen molar-refractivity contribution < 1.29 is 14.7 Å². The number of fused-ring (bicyclic) bond motifs is 2. The van der Waals surface area contributed by atoms with Gasteiger partial charge in [0.1, 0.15) is 0 Å². The molecular formula is C14H13BrINO3.